The molecule has 30 heavy (non-hydrogen) atoms. The lowest BCUT2D eigenvalue weighted by Crippen LogP contribution is -2.51. The number of amides is 1. The van der Waals surface area contributed by atoms with Crippen LogP contribution < -0.4 is 0 Å². The van der Waals surface area contributed by atoms with E-state index in [9.17, 15) is 28.2 Å². The summed E-state index contributed by atoms with van der Waals surface area (Å²) < 4.78 is 31.7. The van der Waals surface area contributed by atoms with Gasteiger partial charge in [-0.3, -0.25) is 4.79 Å². The van der Waals surface area contributed by atoms with Gasteiger partial charge in [0.05, 0.1) is 4.90 Å². The molecule has 0 atom stereocenters. The number of sulfonamides is 1. The molecule has 0 aliphatic carbocycles. The smallest absolute Gasteiger partial charge is 0.342 e. The SMILES string of the molecule is Cc1ccc(S(=O)(=O)N2CCN(C(=O)COC(=O)c3ccc(O)cc3O)CC2)cc1. The number of carbonyl (C=O) groups excluding carboxylic acids is 2. The van der Waals surface area contributed by atoms with Gasteiger partial charge in [-0.05, 0) is 31.2 Å². The van der Waals surface area contributed by atoms with Crippen LogP contribution in [-0.2, 0) is 19.6 Å². The molecular formula is C20H22N2O7S. The average Bonchev–Trinajstić information content (AvgIpc) is 2.72. The van der Waals surface area contributed by atoms with Crippen molar-refractivity contribution in [2.24, 2.45) is 0 Å². The van der Waals surface area contributed by atoms with Crippen LogP contribution in [0.3, 0.4) is 0 Å². The maximum Gasteiger partial charge on any atom is 0.342 e. The standard InChI is InChI=1S/C20H22N2O7S/c1-14-2-5-16(6-3-14)30(27,28)22-10-8-21(9-11-22)19(25)13-29-20(26)17-7-4-15(23)12-18(17)24/h2-7,12,23-24H,8-11,13H2,1H3. The first-order valence-corrected chi connectivity index (χ1v) is 10.7. The number of hydrogen-bond donors (Lipinski definition) is 2. The summed E-state index contributed by atoms with van der Waals surface area (Å²) >= 11 is 0. The zero-order valence-corrected chi connectivity index (χ0v) is 17.1. The van der Waals surface area contributed by atoms with Crippen LogP contribution in [0.25, 0.3) is 0 Å². The zero-order valence-electron chi connectivity index (χ0n) is 16.3. The molecule has 1 heterocycles. The van der Waals surface area contributed by atoms with Crippen molar-refractivity contribution < 1.29 is 33.0 Å². The van der Waals surface area contributed by atoms with E-state index in [-0.39, 0.29) is 42.4 Å². The summed E-state index contributed by atoms with van der Waals surface area (Å²) in [5.41, 5.74) is 0.786. The molecule has 1 aliphatic rings. The second-order valence-corrected chi connectivity index (χ2v) is 8.81. The predicted octanol–water partition coefficient (Wildman–Crippen LogP) is 1.10. The quantitative estimate of drug-likeness (QED) is 0.675. The van der Waals surface area contributed by atoms with Gasteiger partial charge in [-0.2, -0.15) is 4.31 Å². The molecule has 3 rings (SSSR count). The third kappa shape index (κ3) is 4.71. The first-order valence-electron chi connectivity index (χ1n) is 9.22. The fraction of sp³-hybridized carbons (Fsp3) is 0.300. The molecule has 0 bridgehead atoms. The highest BCUT2D eigenvalue weighted by Crippen LogP contribution is 2.23. The third-order valence-electron chi connectivity index (χ3n) is 4.78. The molecule has 0 unspecified atom stereocenters. The Bertz CT molecular complexity index is 1040. The Hall–Kier alpha value is -3.11. The highest BCUT2D eigenvalue weighted by Gasteiger charge is 2.30. The van der Waals surface area contributed by atoms with E-state index in [2.05, 4.69) is 0 Å². The monoisotopic (exact) mass is 434 g/mol. The third-order valence-corrected chi connectivity index (χ3v) is 6.69. The Kier molecular flexibility index (Phi) is 6.28. The lowest BCUT2D eigenvalue weighted by molar-refractivity contribution is -0.135. The number of esters is 1. The van der Waals surface area contributed by atoms with Gasteiger partial charge in [0.25, 0.3) is 5.91 Å². The number of carbonyl (C=O) groups is 2. The van der Waals surface area contributed by atoms with E-state index in [1.165, 1.54) is 21.3 Å². The van der Waals surface area contributed by atoms with Gasteiger partial charge in [0, 0.05) is 32.2 Å². The average molecular weight is 434 g/mol. The van der Waals surface area contributed by atoms with Gasteiger partial charge in [0.15, 0.2) is 6.61 Å². The normalized spacial score (nSPS) is 15.0. The van der Waals surface area contributed by atoms with Crippen LogP contribution in [0.15, 0.2) is 47.4 Å². The number of aromatic hydroxyl groups is 2. The van der Waals surface area contributed by atoms with E-state index in [0.29, 0.717) is 0 Å². The molecule has 160 valence electrons. The Morgan fingerprint density at radius 2 is 1.63 bits per heavy atom. The van der Waals surface area contributed by atoms with Gasteiger partial charge >= 0.3 is 5.97 Å². The Morgan fingerprint density at radius 3 is 2.23 bits per heavy atom. The number of nitrogens with zero attached hydrogens (tertiary/aromatic N) is 2. The second-order valence-electron chi connectivity index (χ2n) is 6.88. The summed E-state index contributed by atoms with van der Waals surface area (Å²) in [6.07, 6.45) is 0. The van der Waals surface area contributed by atoms with Gasteiger partial charge in [0.2, 0.25) is 10.0 Å². The lowest BCUT2D eigenvalue weighted by atomic mass is 10.2. The van der Waals surface area contributed by atoms with E-state index < -0.39 is 34.3 Å². The largest absolute Gasteiger partial charge is 0.508 e. The van der Waals surface area contributed by atoms with Crippen LogP contribution in [0.1, 0.15) is 15.9 Å². The van der Waals surface area contributed by atoms with Crippen molar-refractivity contribution in [1.82, 2.24) is 9.21 Å². The first kappa shape index (κ1) is 21.6. The van der Waals surface area contributed by atoms with Crippen molar-refractivity contribution in [2.75, 3.05) is 32.8 Å². The van der Waals surface area contributed by atoms with E-state index in [1.54, 1.807) is 24.3 Å². The fourth-order valence-corrected chi connectivity index (χ4v) is 4.45. The number of ether oxygens (including phenoxy) is 1. The number of rotatable bonds is 5. The molecule has 1 aliphatic heterocycles. The Balaban J connectivity index is 1.54. The van der Waals surface area contributed by atoms with E-state index in [0.717, 1.165) is 11.6 Å². The van der Waals surface area contributed by atoms with E-state index in [1.807, 2.05) is 6.92 Å². The Morgan fingerprint density at radius 1 is 1.00 bits per heavy atom. The molecule has 1 fully saturated rings. The molecule has 0 aromatic heterocycles. The maximum absolute atomic E-state index is 12.7. The molecule has 2 aromatic rings. The molecule has 2 N–H and O–H groups in total. The van der Waals surface area contributed by atoms with E-state index in [4.69, 9.17) is 4.74 Å². The first-order chi connectivity index (χ1) is 14.2. The Labute approximate surface area is 174 Å². The fourth-order valence-electron chi connectivity index (χ4n) is 3.03. The number of phenols is 2. The van der Waals surface area contributed by atoms with Crippen molar-refractivity contribution in [3.05, 3.63) is 53.6 Å². The van der Waals surface area contributed by atoms with Crippen LogP contribution in [0.2, 0.25) is 0 Å². The molecule has 10 heteroatoms. The summed E-state index contributed by atoms with van der Waals surface area (Å²) in [5, 5.41) is 18.9. The molecular weight excluding hydrogens is 412 g/mol. The van der Waals surface area contributed by atoms with Crippen molar-refractivity contribution in [3.63, 3.8) is 0 Å². The van der Waals surface area contributed by atoms with Crippen LogP contribution in [-0.4, -0.2) is 72.5 Å². The van der Waals surface area contributed by atoms with Crippen molar-refractivity contribution in [1.29, 1.82) is 0 Å². The summed E-state index contributed by atoms with van der Waals surface area (Å²) in [6.45, 7) is 1.95. The molecule has 1 saturated heterocycles. The number of aryl methyl sites for hydroxylation is 1. The van der Waals surface area contributed by atoms with Gasteiger partial charge in [-0.1, -0.05) is 17.7 Å². The minimum atomic E-state index is -3.64. The van der Waals surface area contributed by atoms with Gasteiger partial charge in [-0.15, -0.1) is 0 Å². The molecule has 0 spiro atoms. The van der Waals surface area contributed by atoms with E-state index >= 15 is 0 Å². The molecule has 2 aromatic carbocycles. The van der Waals surface area contributed by atoms with Gasteiger partial charge < -0.3 is 19.8 Å². The van der Waals surface area contributed by atoms with Crippen LogP contribution >= 0.6 is 0 Å². The molecule has 0 saturated carbocycles. The van der Waals surface area contributed by atoms with Gasteiger partial charge in [-0.25, -0.2) is 13.2 Å². The van der Waals surface area contributed by atoms with Crippen LogP contribution in [0.4, 0.5) is 0 Å². The van der Waals surface area contributed by atoms with Gasteiger partial charge in [0.1, 0.15) is 17.1 Å². The molecule has 9 nitrogen and oxygen atoms in total. The highest BCUT2D eigenvalue weighted by atomic mass is 32.2. The molecule has 0 radical (unpaired) electrons. The molecule has 1 amide bonds. The summed E-state index contributed by atoms with van der Waals surface area (Å²) in [7, 11) is -3.64. The summed E-state index contributed by atoms with van der Waals surface area (Å²) in [5.74, 6) is -2.03. The topological polar surface area (TPSA) is 124 Å². The van der Waals surface area contributed by atoms with Crippen molar-refractivity contribution in [2.45, 2.75) is 11.8 Å². The maximum atomic E-state index is 12.7. The second kappa shape index (κ2) is 8.72. The van der Waals surface area contributed by atoms with Crippen molar-refractivity contribution >= 4 is 21.9 Å². The number of hydrogen-bond acceptors (Lipinski definition) is 7. The van der Waals surface area contributed by atoms with Crippen LogP contribution in [0.5, 0.6) is 11.5 Å². The van der Waals surface area contributed by atoms with Crippen LogP contribution in [0, 0.1) is 6.92 Å². The van der Waals surface area contributed by atoms with Crippen molar-refractivity contribution in [3.8, 4) is 11.5 Å². The summed E-state index contributed by atoms with van der Waals surface area (Å²) in [6, 6.07) is 9.96. The predicted molar refractivity (Wildman–Crippen MR) is 107 cm³/mol. The number of phenolic OH excluding ortho intramolecular Hbond substituents is 2. The minimum Gasteiger partial charge on any atom is -0.508 e. The summed E-state index contributed by atoms with van der Waals surface area (Å²) in [4.78, 5) is 25.9. The number of benzene rings is 2. The highest BCUT2D eigenvalue weighted by molar-refractivity contribution is 7.89. The number of piperazine rings is 1. The minimum absolute atomic E-state index is 0.134. The zero-order chi connectivity index (χ0) is 21.9. The lowest BCUT2D eigenvalue weighted by Gasteiger charge is -2.33.